The van der Waals surface area contributed by atoms with E-state index in [1.807, 2.05) is 6.92 Å². The topological polar surface area (TPSA) is 470 Å². The molecule has 3 saturated carbocycles. The van der Waals surface area contributed by atoms with E-state index in [0.717, 1.165) is 5.57 Å². The Morgan fingerprint density at radius 1 is 0.588 bits per heavy atom. The lowest BCUT2D eigenvalue weighted by Crippen LogP contribution is -2.68. The fraction of sp³-hybridized carbons (Fsp3) is 0.893. The van der Waals surface area contributed by atoms with Crippen LogP contribution in [-0.2, 0) is 57.0 Å². The molecule has 29 nitrogen and oxygen atoms in total. The molecular weight excluding hydrogens is 1140 g/mol. The summed E-state index contributed by atoms with van der Waals surface area (Å²) in [7, 11) is 0. The summed E-state index contributed by atoms with van der Waals surface area (Å²) in [4.78, 5) is 28.0. The summed E-state index contributed by atoms with van der Waals surface area (Å²) < 4.78 is 58.4. The van der Waals surface area contributed by atoms with E-state index in [1.54, 1.807) is 6.92 Å². The van der Waals surface area contributed by atoms with E-state index in [9.17, 15) is 96.4 Å². The maximum Gasteiger partial charge on any atom is 0.187 e. The van der Waals surface area contributed by atoms with Crippen LogP contribution in [0.3, 0.4) is 0 Å². The van der Waals surface area contributed by atoms with E-state index in [-0.39, 0.29) is 67.5 Å². The number of allylic oxidation sites excluding steroid dienone is 3. The molecule has 0 radical (unpaired) electrons. The zero-order chi connectivity index (χ0) is 61.9. The van der Waals surface area contributed by atoms with Gasteiger partial charge in [-0.15, -0.1) is 0 Å². The fourth-order valence-corrected chi connectivity index (χ4v) is 14.8. The molecule has 29 heteroatoms. The predicted octanol–water partition coefficient (Wildman–Crippen LogP) is -6.49. The minimum absolute atomic E-state index is 0.0178. The van der Waals surface area contributed by atoms with Gasteiger partial charge in [0.1, 0.15) is 116 Å². The Bertz CT molecular complexity index is 2340. The van der Waals surface area contributed by atoms with Crippen LogP contribution in [0.15, 0.2) is 22.8 Å². The molecule has 0 spiro atoms. The Morgan fingerprint density at radius 3 is 1.78 bits per heavy atom. The van der Waals surface area contributed by atoms with Crippen molar-refractivity contribution in [1.29, 1.82) is 0 Å². The zero-order valence-electron chi connectivity index (χ0n) is 47.8. The van der Waals surface area contributed by atoms with Gasteiger partial charge in [-0.1, -0.05) is 32.4 Å². The van der Waals surface area contributed by atoms with Gasteiger partial charge < -0.3 is 134 Å². The first kappa shape index (κ1) is 67.1. The highest BCUT2D eigenvalue weighted by Gasteiger charge is 2.62. The SMILES string of the molecule is C/C(C(=O)CC[C@@H](C)CO[C@H]1O[C@@H](CO)[C@H](O)[C@@H](O)[C@@H]1O)=C1/C(=O)C[C@H]2[C@@H]3CC=C4C[C@@H](O[C@H]5O[C@@H](CO)[C@H](O[C@H]6O[C@@H](CO)[C@H](O)[C@@H](O[C@H]7OC[C@H](O)[C@@H](O)[C@@H]7O)[C@@H]6O[C@H]6O[C@@H](CO)[C@H](O)[C@@H](O)[C@@H]6O)[C@@H](O)[C@@H]5O)[C@H](O)C[C@]4(C)[C@@H]3CC[C@@]12C. The maximum atomic E-state index is 14.1. The van der Waals surface area contributed by atoms with Crippen LogP contribution in [0.1, 0.15) is 79.1 Å². The van der Waals surface area contributed by atoms with Gasteiger partial charge in [0.2, 0.25) is 0 Å². The minimum Gasteiger partial charge on any atom is -0.394 e. The Kier molecular flexibility index (Phi) is 21.6. The summed E-state index contributed by atoms with van der Waals surface area (Å²) in [6.07, 6.45) is -39.1. The van der Waals surface area contributed by atoms with Crippen molar-refractivity contribution < 1.29 is 144 Å². The number of hydrogen-bond acceptors (Lipinski definition) is 29. The van der Waals surface area contributed by atoms with Gasteiger partial charge in [-0.2, -0.15) is 0 Å². The molecule has 8 fully saturated rings. The quantitative estimate of drug-likeness (QED) is 0.0422. The summed E-state index contributed by atoms with van der Waals surface area (Å²) in [5.41, 5.74) is 0.770. The van der Waals surface area contributed by atoms with E-state index in [1.165, 1.54) is 0 Å². The molecule has 486 valence electrons. The normalized spacial score (nSPS) is 50.4. The van der Waals surface area contributed by atoms with Crippen LogP contribution in [-0.4, -0.2) is 298 Å². The Hall–Kier alpha value is -2.26. The van der Waals surface area contributed by atoms with Crippen molar-refractivity contribution in [2.75, 3.05) is 39.6 Å². The molecule has 5 heterocycles. The van der Waals surface area contributed by atoms with E-state index < -0.39 is 203 Å². The predicted molar refractivity (Wildman–Crippen MR) is 280 cm³/mol. The zero-order valence-corrected chi connectivity index (χ0v) is 47.8. The molecule has 5 aliphatic heterocycles. The van der Waals surface area contributed by atoms with Crippen molar-refractivity contribution in [3.05, 3.63) is 22.8 Å². The summed E-state index contributed by atoms with van der Waals surface area (Å²) in [6.45, 7) is 3.80. The summed E-state index contributed by atoms with van der Waals surface area (Å²) >= 11 is 0. The Labute approximate surface area is 489 Å². The standard InChI is InChI=1S/C56H88O29/c1-20(18-76-50-44(73)40(69)37(66)31(14-57)79-50)5-8-26(61)21(2)35-27(62)12-25-23-7-6-22-11-30(28(63)13-56(22,4)24(23)9-10-55(25,35)3)78-52-46(75)42(71)47(34(17-60)82-52)83-54-49(85-53-45(74)41(70)38(67)32(15-58)80-53)48(39(68)33(16-59)81-54)84-51-43(72)36(65)29(64)19-77-51/h6,20,23-25,28-34,36-54,57-60,63-75H,5,7-19H2,1-4H3/b35-21+/t20-,23-,24-,25+,28-,29+,30-,31+,32+,33+,34+,36-,37+,38+,39+,40-,41-,42+,43+,44+,45+,46+,47+,48-,49+,50+,51-,52+,53-,54-,55-,56+/m1/s1. The van der Waals surface area contributed by atoms with Crippen LogP contribution in [0.4, 0.5) is 0 Å². The van der Waals surface area contributed by atoms with E-state index >= 15 is 0 Å². The molecule has 9 aliphatic rings. The molecule has 0 amide bonds. The monoisotopic (exact) mass is 1220 g/mol. The number of carbonyl (C=O) groups is 2. The van der Waals surface area contributed by atoms with Crippen LogP contribution >= 0.6 is 0 Å². The molecule has 0 aromatic carbocycles. The molecule has 4 aliphatic carbocycles. The highest BCUT2D eigenvalue weighted by atomic mass is 16.8. The van der Waals surface area contributed by atoms with Gasteiger partial charge in [-0.05, 0) is 85.5 Å². The molecule has 0 unspecified atom stereocenters. The van der Waals surface area contributed by atoms with Gasteiger partial charge in [0.05, 0.1) is 51.8 Å². The van der Waals surface area contributed by atoms with E-state index in [2.05, 4.69) is 19.9 Å². The number of fused-ring (bicyclic) bond motifs is 5. The number of ketones is 2. The third kappa shape index (κ3) is 12.9. The second kappa shape index (κ2) is 27.3. The smallest absolute Gasteiger partial charge is 0.187 e. The molecule has 0 aromatic rings. The third-order valence-electron chi connectivity index (χ3n) is 19.9. The molecule has 0 aromatic heterocycles. The van der Waals surface area contributed by atoms with E-state index in [0.29, 0.717) is 36.8 Å². The number of aliphatic hydroxyl groups excluding tert-OH is 17. The molecule has 32 atom stereocenters. The number of carbonyl (C=O) groups excluding carboxylic acids is 2. The number of ether oxygens (including phenoxy) is 10. The maximum absolute atomic E-state index is 14.1. The first-order valence-corrected chi connectivity index (χ1v) is 29.5. The van der Waals surface area contributed by atoms with Gasteiger partial charge in [0, 0.05) is 18.4 Å². The van der Waals surface area contributed by atoms with Crippen molar-refractivity contribution >= 4 is 11.6 Å². The number of aliphatic hydroxyl groups is 17. The van der Waals surface area contributed by atoms with Gasteiger partial charge in [-0.3, -0.25) is 9.59 Å². The molecule has 9 rings (SSSR count). The van der Waals surface area contributed by atoms with Crippen molar-refractivity contribution in [2.24, 2.45) is 34.5 Å². The largest absolute Gasteiger partial charge is 0.394 e. The van der Waals surface area contributed by atoms with Crippen LogP contribution in [0.2, 0.25) is 0 Å². The highest BCUT2D eigenvalue weighted by Crippen LogP contribution is 2.66. The molecule has 17 N–H and O–H groups in total. The molecule has 0 bridgehead atoms. The van der Waals surface area contributed by atoms with Crippen LogP contribution in [0, 0.1) is 34.5 Å². The minimum atomic E-state index is -2.06. The molecule has 5 saturated heterocycles. The summed E-state index contributed by atoms with van der Waals surface area (Å²) in [6, 6.07) is 0. The molecular formula is C56H88O29. The summed E-state index contributed by atoms with van der Waals surface area (Å²) in [5.74, 6) is -0.534. The highest BCUT2D eigenvalue weighted by molar-refractivity contribution is 6.08. The second-order valence-electron chi connectivity index (χ2n) is 25.3. The van der Waals surface area contributed by atoms with Crippen molar-refractivity contribution in [3.63, 3.8) is 0 Å². The first-order valence-electron chi connectivity index (χ1n) is 29.5. The summed E-state index contributed by atoms with van der Waals surface area (Å²) in [5, 5.41) is 182. The fourth-order valence-electron chi connectivity index (χ4n) is 14.8. The van der Waals surface area contributed by atoms with Crippen LogP contribution < -0.4 is 0 Å². The van der Waals surface area contributed by atoms with Gasteiger partial charge >= 0.3 is 0 Å². The van der Waals surface area contributed by atoms with Gasteiger partial charge in [-0.25, -0.2) is 0 Å². The lowest BCUT2D eigenvalue weighted by molar-refractivity contribution is -0.404. The lowest BCUT2D eigenvalue weighted by atomic mass is 9.47. The number of Topliss-reactive ketones (excluding diaryl/α,β-unsaturated/α-hetero) is 2. The van der Waals surface area contributed by atoms with E-state index in [4.69, 9.17) is 47.4 Å². The van der Waals surface area contributed by atoms with Crippen molar-refractivity contribution in [3.8, 4) is 0 Å². The van der Waals surface area contributed by atoms with Crippen molar-refractivity contribution in [2.45, 2.75) is 239 Å². The lowest BCUT2D eigenvalue weighted by Gasteiger charge is -2.58. The van der Waals surface area contributed by atoms with Crippen LogP contribution in [0.5, 0.6) is 0 Å². The molecule has 85 heavy (non-hydrogen) atoms. The third-order valence-corrected chi connectivity index (χ3v) is 19.9. The number of hydrogen-bond donors (Lipinski definition) is 17. The van der Waals surface area contributed by atoms with Gasteiger partial charge in [0.25, 0.3) is 0 Å². The first-order chi connectivity index (χ1) is 40.2. The average Bonchev–Trinajstić information content (AvgIpc) is 1.71. The Balaban J connectivity index is 0.855. The van der Waals surface area contributed by atoms with Crippen molar-refractivity contribution in [1.82, 2.24) is 0 Å². The number of rotatable bonds is 19. The van der Waals surface area contributed by atoms with Crippen LogP contribution in [0.25, 0.3) is 0 Å². The van der Waals surface area contributed by atoms with Gasteiger partial charge in [0.15, 0.2) is 43.0 Å². The second-order valence-corrected chi connectivity index (χ2v) is 25.3. The average molecular weight is 1230 g/mol. The Morgan fingerprint density at radius 2 is 1.13 bits per heavy atom.